The number of benzene rings is 2. The molecule has 2 aromatic heterocycles. The van der Waals surface area contributed by atoms with Gasteiger partial charge in [-0.05, 0) is 35.2 Å². The van der Waals surface area contributed by atoms with Gasteiger partial charge in [0.15, 0.2) is 0 Å². The summed E-state index contributed by atoms with van der Waals surface area (Å²) in [6, 6.07) is 22.5. The van der Waals surface area contributed by atoms with Crippen molar-refractivity contribution in [3.05, 3.63) is 96.1 Å². The van der Waals surface area contributed by atoms with Gasteiger partial charge in [-0.1, -0.05) is 55.5 Å². The molecule has 29 heavy (non-hydrogen) atoms. The first-order valence-corrected chi connectivity index (χ1v) is 10.0. The molecule has 2 unspecified atom stereocenters. The molecule has 0 spiro atoms. The van der Waals surface area contributed by atoms with E-state index in [1.807, 2.05) is 18.2 Å². The number of nitrogens with zero attached hydrogens (tertiary/aromatic N) is 1. The maximum Gasteiger partial charge on any atom is 0.221 e. The van der Waals surface area contributed by atoms with Gasteiger partial charge in [0.05, 0.1) is 12.8 Å². The van der Waals surface area contributed by atoms with Crippen molar-refractivity contribution in [1.82, 2.24) is 9.88 Å². The molecule has 0 saturated heterocycles. The standard InChI is InChI=1S/C25H26N2O2/c1-18(19-9-4-3-5-10-19)22(15-25(28)26-16-20-11-8-14-29-20)23-17-27(2)24-13-7-6-12-21(23)24/h3-14,17-18,22H,15-16H2,1-2H3,(H,26,28). The van der Waals surface area contributed by atoms with Crippen LogP contribution in [0.25, 0.3) is 10.9 Å². The monoisotopic (exact) mass is 386 g/mol. The fourth-order valence-corrected chi connectivity index (χ4v) is 4.08. The van der Waals surface area contributed by atoms with Crippen LogP contribution >= 0.6 is 0 Å². The minimum atomic E-state index is 0.0297. The van der Waals surface area contributed by atoms with E-state index >= 15 is 0 Å². The lowest BCUT2D eigenvalue weighted by atomic mass is 9.80. The topological polar surface area (TPSA) is 47.2 Å². The van der Waals surface area contributed by atoms with Crippen LogP contribution in [-0.4, -0.2) is 10.5 Å². The van der Waals surface area contributed by atoms with Crippen molar-refractivity contribution < 1.29 is 9.21 Å². The number of aryl methyl sites for hydroxylation is 1. The van der Waals surface area contributed by atoms with Crippen LogP contribution in [0.15, 0.2) is 83.6 Å². The average molecular weight is 386 g/mol. The van der Waals surface area contributed by atoms with Crippen molar-refractivity contribution in [3.8, 4) is 0 Å². The number of nitrogens with one attached hydrogen (secondary N) is 1. The van der Waals surface area contributed by atoms with Crippen LogP contribution in [-0.2, 0) is 18.4 Å². The Morgan fingerprint density at radius 3 is 2.55 bits per heavy atom. The SMILES string of the molecule is CC(c1ccccc1)C(CC(=O)NCc1ccco1)c1cn(C)c2ccccc12. The van der Waals surface area contributed by atoms with Crippen LogP contribution in [0.2, 0.25) is 0 Å². The fraction of sp³-hybridized carbons (Fsp3) is 0.240. The second-order valence-corrected chi connectivity index (χ2v) is 7.58. The molecule has 4 heteroatoms. The molecule has 148 valence electrons. The zero-order chi connectivity index (χ0) is 20.2. The van der Waals surface area contributed by atoms with E-state index in [1.54, 1.807) is 6.26 Å². The summed E-state index contributed by atoms with van der Waals surface area (Å²) >= 11 is 0. The summed E-state index contributed by atoms with van der Waals surface area (Å²) in [6.45, 7) is 2.62. The molecule has 0 aliphatic heterocycles. The van der Waals surface area contributed by atoms with Crippen molar-refractivity contribution in [3.63, 3.8) is 0 Å². The Kier molecular flexibility index (Phi) is 5.52. The largest absolute Gasteiger partial charge is 0.467 e. The number of hydrogen-bond acceptors (Lipinski definition) is 2. The van der Waals surface area contributed by atoms with Crippen molar-refractivity contribution >= 4 is 16.8 Å². The number of hydrogen-bond donors (Lipinski definition) is 1. The summed E-state index contributed by atoms with van der Waals surface area (Å²) in [5.74, 6) is 1.06. The number of furan rings is 1. The Hall–Kier alpha value is -3.27. The van der Waals surface area contributed by atoms with Crippen LogP contribution in [0.5, 0.6) is 0 Å². The Labute approximate surface area is 171 Å². The molecule has 0 aliphatic rings. The lowest BCUT2D eigenvalue weighted by molar-refractivity contribution is -0.121. The van der Waals surface area contributed by atoms with Crippen LogP contribution in [0.3, 0.4) is 0 Å². The van der Waals surface area contributed by atoms with Crippen molar-refractivity contribution in [2.75, 3.05) is 0 Å². The van der Waals surface area contributed by atoms with Crippen molar-refractivity contribution in [2.45, 2.75) is 31.7 Å². The van der Waals surface area contributed by atoms with E-state index in [4.69, 9.17) is 4.42 Å². The fourth-order valence-electron chi connectivity index (χ4n) is 4.08. The summed E-state index contributed by atoms with van der Waals surface area (Å²) in [5.41, 5.74) is 3.64. The van der Waals surface area contributed by atoms with E-state index in [0.717, 1.165) is 5.76 Å². The molecule has 0 saturated carbocycles. The first kappa shape index (κ1) is 19.1. The van der Waals surface area contributed by atoms with E-state index in [1.165, 1.54) is 22.0 Å². The molecule has 4 aromatic rings. The van der Waals surface area contributed by atoms with E-state index < -0.39 is 0 Å². The molecule has 0 aliphatic carbocycles. The number of aromatic nitrogens is 1. The highest BCUT2D eigenvalue weighted by Gasteiger charge is 2.26. The highest BCUT2D eigenvalue weighted by atomic mass is 16.3. The van der Waals surface area contributed by atoms with E-state index in [0.29, 0.717) is 13.0 Å². The summed E-state index contributed by atoms with van der Waals surface area (Å²) in [6.07, 6.45) is 4.22. The molecule has 1 amide bonds. The van der Waals surface area contributed by atoms with Gasteiger partial charge in [0.1, 0.15) is 5.76 Å². The lowest BCUT2D eigenvalue weighted by Crippen LogP contribution is -2.26. The van der Waals surface area contributed by atoms with Gasteiger partial charge >= 0.3 is 0 Å². The molecule has 2 heterocycles. The summed E-state index contributed by atoms with van der Waals surface area (Å²) in [5, 5.41) is 4.22. The van der Waals surface area contributed by atoms with Gasteiger partial charge in [-0.15, -0.1) is 0 Å². The third-order valence-corrected chi connectivity index (χ3v) is 5.70. The normalized spacial score (nSPS) is 13.3. The van der Waals surface area contributed by atoms with Gasteiger partial charge in [0.25, 0.3) is 0 Å². The zero-order valence-corrected chi connectivity index (χ0v) is 16.8. The maximum atomic E-state index is 12.8. The highest BCUT2D eigenvalue weighted by molar-refractivity contribution is 5.86. The minimum absolute atomic E-state index is 0.0297. The molecular formula is C25H26N2O2. The summed E-state index contributed by atoms with van der Waals surface area (Å²) in [7, 11) is 2.06. The van der Waals surface area contributed by atoms with E-state index in [9.17, 15) is 4.79 Å². The van der Waals surface area contributed by atoms with Gasteiger partial charge in [-0.2, -0.15) is 0 Å². The predicted octanol–water partition coefficient (Wildman–Crippen LogP) is 5.37. The highest BCUT2D eigenvalue weighted by Crippen LogP contribution is 2.39. The van der Waals surface area contributed by atoms with E-state index in [2.05, 4.69) is 78.6 Å². The molecule has 0 radical (unpaired) electrons. The van der Waals surface area contributed by atoms with Crippen molar-refractivity contribution in [2.24, 2.45) is 7.05 Å². The van der Waals surface area contributed by atoms with Crippen LogP contribution < -0.4 is 5.32 Å². The zero-order valence-electron chi connectivity index (χ0n) is 16.8. The lowest BCUT2D eigenvalue weighted by Gasteiger charge is -2.24. The van der Waals surface area contributed by atoms with Gasteiger partial charge in [-0.25, -0.2) is 0 Å². The Bertz CT molecular complexity index is 1080. The first-order valence-electron chi connectivity index (χ1n) is 10.0. The number of carbonyl (C=O) groups is 1. The molecule has 4 nitrogen and oxygen atoms in total. The third-order valence-electron chi connectivity index (χ3n) is 5.70. The van der Waals surface area contributed by atoms with Crippen LogP contribution in [0.1, 0.15) is 42.1 Å². The average Bonchev–Trinajstić information content (AvgIpc) is 3.39. The number of carbonyl (C=O) groups excluding carboxylic acids is 1. The molecule has 2 atom stereocenters. The number of fused-ring (bicyclic) bond motifs is 1. The maximum absolute atomic E-state index is 12.8. The van der Waals surface area contributed by atoms with Gasteiger partial charge in [0.2, 0.25) is 5.91 Å². The second kappa shape index (κ2) is 8.39. The summed E-state index contributed by atoms with van der Waals surface area (Å²) < 4.78 is 7.48. The van der Waals surface area contributed by atoms with Gasteiger partial charge in [-0.3, -0.25) is 4.79 Å². The smallest absolute Gasteiger partial charge is 0.221 e. The Morgan fingerprint density at radius 2 is 1.79 bits per heavy atom. The molecule has 4 rings (SSSR count). The molecule has 0 fully saturated rings. The number of para-hydroxylation sites is 1. The van der Waals surface area contributed by atoms with E-state index in [-0.39, 0.29) is 17.7 Å². The van der Waals surface area contributed by atoms with Crippen molar-refractivity contribution in [1.29, 1.82) is 0 Å². The second-order valence-electron chi connectivity index (χ2n) is 7.58. The predicted molar refractivity (Wildman–Crippen MR) is 116 cm³/mol. The quantitative estimate of drug-likeness (QED) is 0.464. The Morgan fingerprint density at radius 1 is 1.03 bits per heavy atom. The molecule has 2 aromatic carbocycles. The minimum Gasteiger partial charge on any atom is -0.467 e. The molecular weight excluding hydrogens is 360 g/mol. The molecule has 1 N–H and O–H groups in total. The summed E-state index contributed by atoms with van der Waals surface area (Å²) in [4.78, 5) is 12.8. The van der Waals surface area contributed by atoms with Gasteiger partial charge < -0.3 is 14.3 Å². The van der Waals surface area contributed by atoms with Crippen LogP contribution in [0.4, 0.5) is 0 Å². The first-order chi connectivity index (χ1) is 14.1. The van der Waals surface area contributed by atoms with Crippen LogP contribution in [0, 0.1) is 0 Å². The number of rotatable bonds is 7. The number of amides is 1. The molecule has 0 bridgehead atoms. The van der Waals surface area contributed by atoms with Gasteiger partial charge in [0, 0.05) is 36.5 Å². The Balaban J connectivity index is 1.64. The third kappa shape index (κ3) is 4.11.